The molecule has 0 radical (unpaired) electrons. The first kappa shape index (κ1) is 27.3. The number of nitrogens with one attached hydrogen (secondary N) is 3. The zero-order valence-corrected chi connectivity index (χ0v) is 22.8. The van der Waals surface area contributed by atoms with E-state index in [1.807, 2.05) is 0 Å². The van der Waals surface area contributed by atoms with Gasteiger partial charge in [0.2, 0.25) is 5.82 Å². The molecule has 2 aromatic heterocycles. The molecule has 0 fully saturated rings. The van der Waals surface area contributed by atoms with Crippen LogP contribution in [-0.2, 0) is 10.0 Å². The van der Waals surface area contributed by atoms with Crippen molar-refractivity contribution < 1.29 is 22.5 Å². The Bertz CT molecular complexity index is 1610. The highest BCUT2D eigenvalue weighted by atomic mass is 35.5. The predicted octanol–water partition coefficient (Wildman–Crippen LogP) is 4.68. The van der Waals surface area contributed by atoms with Gasteiger partial charge in [0.25, 0.3) is 21.8 Å². The lowest BCUT2D eigenvalue weighted by atomic mass is 10.1. The summed E-state index contributed by atoms with van der Waals surface area (Å²) >= 11 is 17.8. The summed E-state index contributed by atoms with van der Waals surface area (Å²) in [5.41, 5.74) is 1.04. The third-order valence-electron chi connectivity index (χ3n) is 5.03. The number of aromatic nitrogens is 3. The van der Waals surface area contributed by atoms with Gasteiger partial charge in [-0.25, -0.2) is 18.4 Å². The average molecular weight is 593 g/mol. The molecule has 0 saturated carbocycles. The Morgan fingerprint density at radius 1 is 1.05 bits per heavy atom. The minimum atomic E-state index is -3.98. The highest BCUT2D eigenvalue weighted by Gasteiger charge is 2.25. The molecule has 0 aliphatic rings. The van der Waals surface area contributed by atoms with Crippen molar-refractivity contribution in [2.75, 3.05) is 17.1 Å². The number of anilines is 2. The van der Waals surface area contributed by atoms with E-state index in [4.69, 9.17) is 44.7 Å². The molecule has 0 aliphatic heterocycles. The van der Waals surface area contributed by atoms with E-state index in [1.165, 1.54) is 43.8 Å². The third kappa shape index (κ3) is 5.86. The van der Waals surface area contributed by atoms with Gasteiger partial charge < -0.3 is 14.6 Å². The van der Waals surface area contributed by atoms with Crippen molar-refractivity contribution in [3.8, 4) is 17.1 Å². The Morgan fingerprint density at radius 3 is 2.37 bits per heavy atom. The summed E-state index contributed by atoms with van der Waals surface area (Å²) in [6.07, 6.45) is 2.70. The lowest BCUT2D eigenvalue weighted by molar-refractivity contribution is 0.0976. The quantitative estimate of drug-likeness (QED) is 0.258. The Labute approximate surface area is 232 Å². The van der Waals surface area contributed by atoms with Crippen molar-refractivity contribution >= 4 is 68.0 Å². The van der Waals surface area contributed by atoms with E-state index < -0.39 is 15.9 Å². The largest absolute Gasteiger partial charge is 0.478 e. The van der Waals surface area contributed by atoms with Gasteiger partial charge in [0.05, 0.1) is 22.1 Å². The number of sulfonamides is 1. The van der Waals surface area contributed by atoms with Gasteiger partial charge in [-0.05, 0) is 55.5 Å². The predicted molar refractivity (Wildman–Crippen MR) is 146 cm³/mol. The molecule has 196 valence electrons. The van der Waals surface area contributed by atoms with E-state index in [-0.39, 0.29) is 38.7 Å². The molecule has 4 aromatic rings. The number of hydrogen-bond donors (Lipinski definition) is 3. The Morgan fingerprint density at radius 2 is 1.71 bits per heavy atom. The summed E-state index contributed by atoms with van der Waals surface area (Å²) in [5, 5.41) is 9.85. The second kappa shape index (κ2) is 11.3. The molecule has 2 aromatic carbocycles. The van der Waals surface area contributed by atoms with Gasteiger partial charge in [-0.1, -0.05) is 34.4 Å². The molecule has 0 atom stereocenters. The maximum Gasteiger partial charge on any atom is 0.263 e. The Balaban J connectivity index is 1.46. The minimum absolute atomic E-state index is 0.0264. The fourth-order valence-corrected chi connectivity index (χ4v) is 5.10. The van der Waals surface area contributed by atoms with Crippen molar-refractivity contribution in [1.82, 2.24) is 20.4 Å². The van der Waals surface area contributed by atoms with Crippen LogP contribution in [0.4, 0.5) is 11.5 Å². The molecule has 3 N–H and O–H groups in total. The van der Waals surface area contributed by atoms with E-state index in [0.717, 1.165) is 0 Å². The van der Waals surface area contributed by atoms with Gasteiger partial charge in [0.15, 0.2) is 5.11 Å². The van der Waals surface area contributed by atoms with E-state index in [2.05, 4.69) is 30.5 Å². The minimum Gasteiger partial charge on any atom is -0.478 e. The standard InChI is InChI=1S/C23H18Cl2N6O5S2/c1-12-17(19(30-36-12)18-15(24)4-3-5-16(18)25)21(32)29-23(37)28-13-6-8-14(9-7-13)38(33,34)31-20-22(35-2)27-11-10-26-20/h3-11H,1-2H3,(H,26,31)(H2,28,29,32,37). The molecule has 2 heterocycles. The lowest BCUT2D eigenvalue weighted by Gasteiger charge is -2.12. The summed E-state index contributed by atoms with van der Waals surface area (Å²) in [6.45, 7) is 1.57. The molecule has 0 unspecified atom stereocenters. The molecule has 38 heavy (non-hydrogen) atoms. The molecule has 15 heteroatoms. The number of rotatable bonds is 7. The average Bonchev–Trinajstić information content (AvgIpc) is 3.25. The van der Waals surface area contributed by atoms with Crippen molar-refractivity contribution in [2.24, 2.45) is 0 Å². The van der Waals surface area contributed by atoms with E-state index in [1.54, 1.807) is 25.1 Å². The SMILES string of the molecule is COc1nccnc1NS(=O)(=O)c1ccc(NC(=S)NC(=O)c2c(-c3c(Cl)cccc3Cl)noc2C)cc1. The number of amides is 1. The van der Waals surface area contributed by atoms with Gasteiger partial charge in [-0.3, -0.25) is 14.8 Å². The van der Waals surface area contributed by atoms with Crippen LogP contribution >= 0.6 is 35.4 Å². The van der Waals surface area contributed by atoms with Gasteiger partial charge in [0.1, 0.15) is 17.0 Å². The number of halogens is 2. The number of thiocarbonyl (C=S) groups is 1. The highest BCUT2D eigenvalue weighted by molar-refractivity contribution is 7.92. The molecular weight excluding hydrogens is 575 g/mol. The van der Waals surface area contributed by atoms with Crippen LogP contribution in [0.1, 0.15) is 16.1 Å². The number of ether oxygens (including phenoxy) is 1. The molecule has 4 rings (SSSR count). The van der Waals surface area contributed by atoms with Crippen LogP contribution in [-0.4, -0.2) is 41.7 Å². The fourth-order valence-electron chi connectivity index (χ4n) is 3.31. The summed E-state index contributed by atoms with van der Waals surface area (Å²) in [6, 6.07) is 10.5. The van der Waals surface area contributed by atoms with Crippen LogP contribution in [0.3, 0.4) is 0 Å². The zero-order valence-electron chi connectivity index (χ0n) is 19.7. The van der Waals surface area contributed by atoms with Crippen LogP contribution in [0.15, 0.2) is 64.3 Å². The van der Waals surface area contributed by atoms with Gasteiger partial charge >= 0.3 is 0 Å². The molecule has 11 nitrogen and oxygen atoms in total. The second-order valence-electron chi connectivity index (χ2n) is 7.51. The summed E-state index contributed by atoms with van der Waals surface area (Å²) in [4.78, 5) is 20.8. The summed E-state index contributed by atoms with van der Waals surface area (Å²) in [7, 11) is -2.64. The van der Waals surface area contributed by atoms with Crippen LogP contribution in [0.2, 0.25) is 10.0 Å². The van der Waals surface area contributed by atoms with E-state index >= 15 is 0 Å². The topological polar surface area (TPSA) is 148 Å². The number of nitrogens with zero attached hydrogens (tertiary/aromatic N) is 3. The molecule has 1 amide bonds. The maximum absolute atomic E-state index is 13.0. The molecule has 0 spiro atoms. The zero-order chi connectivity index (χ0) is 27.4. The summed E-state index contributed by atoms with van der Waals surface area (Å²) in [5.74, 6) is -0.396. The highest BCUT2D eigenvalue weighted by Crippen LogP contribution is 2.36. The fraction of sp³-hybridized carbons (Fsp3) is 0.0870. The lowest BCUT2D eigenvalue weighted by Crippen LogP contribution is -2.34. The van der Waals surface area contributed by atoms with Crippen molar-refractivity contribution in [2.45, 2.75) is 11.8 Å². The second-order valence-corrected chi connectivity index (χ2v) is 10.4. The number of benzene rings is 2. The Hall–Kier alpha value is -3.78. The molecule has 0 saturated heterocycles. The van der Waals surface area contributed by atoms with Crippen LogP contribution in [0.5, 0.6) is 5.88 Å². The monoisotopic (exact) mass is 592 g/mol. The van der Waals surface area contributed by atoms with Crippen LogP contribution in [0.25, 0.3) is 11.3 Å². The van der Waals surface area contributed by atoms with Crippen LogP contribution in [0, 0.1) is 6.92 Å². The number of carbonyl (C=O) groups is 1. The van der Waals surface area contributed by atoms with E-state index in [0.29, 0.717) is 21.3 Å². The van der Waals surface area contributed by atoms with Gasteiger partial charge in [-0.2, -0.15) is 0 Å². The smallest absolute Gasteiger partial charge is 0.263 e. The number of carbonyl (C=O) groups excluding carboxylic acids is 1. The first-order chi connectivity index (χ1) is 18.1. The van der Waals surface area contributed by atoms with Crippen molar-refractivity contribution in [1.29, 1.82) is 0 Å². The Kier molecular flexibility index (Phi) is 8.11. The van der Waals surface area contributed by atoms with Crippen molar-refractivity contribution in [3.05, 3.63) is 76.2 Å². The molecular formula is C23H18Cl2N6O5S2. The first-order valence-electron chi connectivity index (χ1n) is 10.6. The third-order valence-corrected chi connectivity index (χ3v) is 7.22. The maximum atomic E-state index is 13.0. The van der Waals surface area contributed by atoms with Gasteiger partial charge in [0, 0.05) is 23.6 Å². The summed E-state index contributed by atoms with van der Waals surface area (Å²) < 4.78 is 38.0. The first-order valence-corrected chi connectivity index (χ1v) is 13.3. The van der Waals surface area contributed by atoms with Crippen LogP contribution < -0.4 is 20.1 Å². The number of aryl methyl sites for hydroxylation is 1. The number of hydrogen-bond acceptors (Lipinski definition) is 9. The molecule has 0 aliphatic carbocycles. The van der Waals surface area contributed by atoms with Crippen molar-refractivity contribution in [3.63, 3.8) is 0 Å². The molecule has 0 bridgehead atoms. The normalized spacial score (nSPS) is 11.1. The van der Waals surface area contributed by atoms with Gasteiger partial charge in [-0.15, -0.1) is 0 Å². The number of methoxy groups -OCH3 is 1. The van der Waals surface area contributed by atoms with E-state index in [9.17, 15) is 13.2 Å².